The van der Waals surface area contributed by atoms with Crippen molar-refractivity contribution in [3.05, 3.63) is 90.0 Å². The molecule has 0 aliphatic carbocycles. The summed E-state index contributed by atoms with van der Waals surface area (Å²) in [4.78, 5) is 24.0. The van der Waals surface area contributed by atoms with Gasteiger partial charge in [0.25, 0.3) is 0 Å². The van der Waals surface area contributed by atoms with Crippen molar-refractivity contribution in [1.29, 1.82) is 0 Å². The Bertz CT molecular complexity index is 966. The summed E-state index contributed by atoms with van der Waals surface area (Å²) >= 11 is 0. The van der Waals surface area contributed by atoms with E-state index in [4.69, 9.17) is 0 Å². The van der Waals surface area contributed by atoms with E-state index < -0.39 is 0 Å². The smallest absolute Gasteiger partial charge is 0.319 e. The molecule has 5 nitrogen and oxygen atoms in total. The van der Waals surface area contributed by atoms with E-state index in [1.165, 1.54) is 0 Å². The Morgan fingerprint density at radius 1 is 0.767 bits per heavy atom. The van der Waals surface area contributed by atoms with Crippen LogP contribution in [0.2, 0.25) is 0 Å². The molecule has 0 radical (unpaired) electrons. The van der Waals surface area contributed by atoms with E-state index in [0.717, 1.165) is 22.3 Å². The van der Waals surface area contributed by atoms with Gasteiger partial charge in [0.05, 0.1) is 6.42 Å². The predicted octanol–water partition coefficient (Wildman–Crippen LogP) is 4.74. The van der Waals surface area contributed by atoms with Crippen LogP contribution in [0.5, 0.6) is 0 Å². The number of benzene rings is 3. The monoisotopic (exact) mass is 401 g/mol. The molecule has 0 saturated carbocycles. The number of amides is 3. The second kappa shape index (κ2) is 10.3. The summed E-state index contributed by atoms with van der Waals surface area (Å²) in [5.74, 6) is -0.0269. The highest BCUT2D eigenvalue weighted by molar-refractivity contribution is 5.89. The van der Waals surface area contributed by atoms with Gasteiger partial charge in [0, 0.05) is 18.3 Å². The fourth-order valence-electron chi connectivity index (χ4n) is 3.03. The summed E-state index contributed by atoms with van der Waals surface area (Å²) in [7, 11) is 0. The maximum absolute atomic E-state index is 12.3. The second-order valence-electron chi connectivity index (χ2n) is 7.47. The number of hydrogen-bond donors (Lipinski definition) is 3. The largest absolute Gasteiger partial charge is 0.352 e. The number of carbonyl (C=O) groups is 2. The summed E-state index contributed by atoms with van der Waals surface area (Å²) < 4.78 is 0. The highest BCUT2D eigenvalue weighted by atomic mass is 16.2. The molecule has 3 aromatic carbocycles. The van der Waals surface area contributed by atoms with Gasteiger partial charge in [0.2, 0.25) is 5.91 Å². The Kier molecular flexibility index (Phi) is 7.22. The SMILES string of the molecule is CC(C)NC(=O)Nc1ccc(CNC(=O)Cc2ccc(-c3ccccc3)cc2)cc1. The fraction of sp³-hybridized carbons (Fsp3) is 0.200. The molecule has 3 aromatic rings. The van der Waals surface area contributed by atoms with Gasteiger partial charge in [-0.3, -0.25) is 4.79 Å². The second-order valence-corrected chi connectivity index (χ2v) is 7.47. The molecule has 3 rings (SSSR count). The lowest BCUT2D eigenvalue weighted by molar-refractivity contribution is -0.120. The molecular formula is C25H27N3O2. The number of carbonyl (C=O) groups excluding carboxylic acids is 2. The quantitative estimate of drug-likeness (QED) is 0.535. The van der Waals surface area contributed by atoms with Gasteiger partial charge in [0.1, 0.15) is 0 Å². The van der Waals surface area contributed by atoms with Crippen molar-refractivity contribution in [2.45, 2.75) is 32.9 Å². The van der Waals surface area contributed by atoms with Crippen LogP contribution in [0.1, 0.15) is 25.0 Å². The van der Waals surface area contributed by atoms with Crippen molar-refractivity contribution in [1.82, 2.24) is 10.6 Å². The van der Waals surface area contributed by atoms with Crippen molar-refractivity contribution >= 4 is 17.6 Å². The molecule has 0 spiro atoms. The molecule has 154 valence electrons. The van der Waals surface area contributed by atoms with Crippen LogP contribution in [-0.4, -0.2) is 18.0 Å². The summed E-state index contributed by atoms with van der Waals surface area (Å²) in [6.45, 7) is 4.26. The van der Waals surface area contributed by atoms with E-state index in [1.54, 1.807) is 0 Å². The van der Waals surface area contributed by atoms with Gasteiger partial charge < -0.3 is 16.0 Å². The zero-order valence-corrected chi connectivity index (χ0v) is 17.3. The van der Waals surface area contributed by atoms with E-state index in [-0.39, 0.29) is 18.0 Å². The number of anilines is 1. The van der Waals surface area contributed by atoms with E-state index >= 15 is 0 Å². The standard InChI is InChI=1S/C25H27N3O2/c1-18(2)27-25(30)28-23-14-10-20(11-15-23)17-26-24(29)16-19-8-12-22(13-9-19)21-6-4-3-5-7-21/h3-15,18H,16-17H2,1-2H3,(H,26,29)(H2,27,28,30). The molecule has 3 amide bonds. The first-order valence-corrected chi connectivity index (χ1v) is 10.1. The lowest BCUT2D eigenvalue weighted by Gasteiger charge is -2.11. The highest BCUT2D eigenvalue weighted by Gasteiger charge is 2.06. The number of nitrogens with one attached hydrogen (secondary N) is 3. The Balaban J connectivity index is 1.47. The topological polar surface area (TPSA) is 70.2 Å². The van der Waals surface area contributed by atoms with E-state index in [0.29, 0.717) is 18.7 Å². The summed E-state index contributed by atoms with van der Waals surface area (Å²) in [5.41, 5.74) is 4.95. The zero-order valence-electron chi connectivity index (χ0n) is 17.3. The lowest BCUT2D eigenvalue weighted by Crippen LogP contribution is -2.34. The molecule has 0 aliphatic rings. The van der Waals surface area contributed by atoms with Crippen molar-refractivity contribution in [2.24, 2.45) is 0 Å². The van der Waals surface area contributed by atoms with Gasteiger partial charge in [-0.1, -0.05) is 66.7 Å². The molecule has 0 fully saturated rings. The Labute approximate surface area is 177 Å². The molecule has 0 bridgehead atoms. The van der Waals surface area contributed by atoms with Gasteiger partial charge in [-0.15, -0.1) is 0 Å². The molecule has 0 heterocycles. The minimum atomic E-state index is -0.232. The summed E-state index contributed by atoms with van der Waals surface area (Å²) in [6, 6.07) is 25.5. The van der Waals surface area contributed by atoms with Gasteiger partial charge in [-0.25, -0.2) is 4.79 Å². The molecule has 5 heteroatoms. The van der Waals surface area contributed by atoms with Crippen molar-refractivity contribution in [3.8, 4) is 11.1 Å². The average molecular weight is 402 g/mol. The molecule has 3 N–H and O–H groups in total. The van der Waals surface area contributed by atoms with Crippen LogP contribution < -0.4 is 16.0 Å². The molecule has 0 unspecified atom stereocenters. The van der Waals surface area contributed by atoms with Gasteiger partial charge in [-0.05, 0) is 48.2 Å². The maximum atomic E-state index is 12.3. The maximum Gasteiger partial charge on any atom is 0.319 e. The van der Waals surface area contributed by atoms with Crippen molar-refractivity contribution in [3.63, 3.8) is 0 Å². The normalized spacial score (nSPS) is 10.5. The predicted molar refractivity (Wildman–Crippen MR) is 121 cm³/mol. The average Bonchev–Trinajstić information content (AvgIpc) is 2.74. The molecule has 30 heavy (non-hydrogen) atoms. The Hall–Kier alpha value is -3.60. The van der Waals surface area contributed by atoms with Crippen LogP contribution in [0.4, 0.5) is 10.5 Å². The minimum Gasteiger partial charge on any atom is -0.352 e. The first-order chi connectivity index (χ1) is 14.5. The van der Waals surface area contributed by atoms with E-state index in [2.05, 4.69) is 28.1 Å². The zero-order chi connectivity index (χ0) is 21.3. The highest BCUT2D eigenvalue weighted by Crippen LogP contribution is 2.19. The Morgan fingerprint density at radius 2 is 1.37 bits per heavy atom. The van der Waals surface area contributed by atoms with Crippen LogP contribution in [0.25, 0.3) is 11.1 Å². The fourth-order valence-corrected chi connectivity index (χ4v) is 3.03. The van der Waals surface area contributed by atoms with E-state index in [1.807, 2.05) is 80.6 Å². The summed E-state index contributed by atoms with van der Waals surface area (Å²) in [6.07, 6.45) is 0.337. The minimum absolute atomic E-state index is 0.0269. The third-order valence-corrected chi connectivity index (χ3v) is 4.55. The number of urea groups is 1. The van der Waals surface area contributed by atoms with Crippen molar-refractivity contribution in [2.75, 3.05) is 5.32 Å². The van der Waals surface area contributed by atoms with Gasteiger partial charge in [-0.2, -0.15) is 0 Å². The van der Waals surface area contributed by atoms with Gasteiger partial charge in [0.15, 0.2) is 0 Å². The van der Waals surface area contributed by atoms with Crippen molar-refractivity contribution < 1.29 is 9.59 Å². The molecular weight excluding hydrogens is 374 g/mol. The van der Waals surface area contributed by atoms with Gasteiger partial charge >= 0.3 is 6.03 Å². The molecule has 0 aliphatic heterocycles. The van der Waals surface area contributed by atoms with Crippen LogP contribution in [0.15, 0.2) is 78.9 Å². The molecule has 0 aromatic heterocycles. The number of rotatable bonds is 7. The van der Waals surface area contributed by atoms with Crippen LogP contribution >= 0.6 is 0 Å². The molecule has 0 saturated heterocycles. The number of hydrogen-bond acceptors (Lipinski definition) is 2. The lowest BCUT2D eigenvalue weighted by atomic mass is 10.0. The van der Waals surface area contributed by atoms with Crippen LogP contribution in [-0.2, 0) is 17.8 Å². The van der Waals surface area contributed by atoms with Crippen LogP contribution in [0, 0.1) is 0 Å². The third-order valence-electron chi connectivity index (χ3n) is 4.55. The Morgan fingerprint density at radius 3 is 2.00 bits per heavy atom. The first-order valence-electron chi connectivity index (χ1n) is 10.1. The summed E-state index contributed by atoms with van der Waals surface area (Å²) in [5, 5.41) is 8.49. The van der Waals surface area contributed by atoms with Crippen LogP contribution in [0.3, 0.4) is 0 Å². The molecule has 0 atom stereocenters. The third kappa shape index (κ3) is 6.48. The first kappa shape index (κ1) is 21.1. The van der Waals surface area contributed by atoms with E-state index in [9.17, 15) is 9.59 Å².